The number of halogens is 1. The summed E-state index contributed by atoms with van der Waals surface area (Å²) in [4.78, 5) is 27.3. The molecule has 2 aromatic rings. The number of hydrogen-bond donors (Lipinski definition) is 0. The van der Waals surface area contributed by atoms with Crippen LogP contribution in [-0.4, -0.2) is 29.9 Å². The molecule has 1 amide bonds. The fourth-order valence-corrected chi connectivity index (χ4v) is 3.74. The van der Waals surface area contributed by atoms with Crippen LogP contribution in [0.5, 0.6) is 5.75 Å². The summed E-state index contributed by atoms with van der Waals surface area (Å²) in [6.07, 6.45) is 0.553. The first-order valence-corrected chi connectivity index (χ1v) is 9.69. The van der Waals surface area contributed by atoms with Gasteiger partial charge in [-0.05, 0) is 48.2 Å². The maximum Gasteiger partial charge on any atom is 0.415 e. The summed E-state index contributed by atoms with van der Waals surface area (Å²) in [7, 11) is 0. The summed E-state index contributed by atoms with van der Waals surface area (Å²) in [5.41, 5.74) is 0.635. The molecule has 2 aromatic carbocycles. The van der Waals surface area contributed by atoms with Crippen molar-refractivity contribution in [2.75, 3.05) is 13.1 Å². The van der Waals surface area contributed by atoms with Crippen LogP contribution >= 0.6 is 11.6 Å². The number of nitrogens with zero attached hydrogens (tertiary/aromatic N) is 1. The summed E-state index contributed by atoms with van der Waals surface area (Å²) < 4.78 is 5.47. The molecule has 1 aliphatic heterocycles. The summed E-state index contributed by atoms with van der Waals surface area (Å²) in [6.45, 7) is 5.16. The largest absolute Gasteiger partial charge is 0.415 e. The molecule has 0 unspecified atom stereocenters. The van der Waals surface area contributed by atoms with Crippen molar-refractivity contribution in [1.29, 1.82) is 0 Å². The minimum absolute atomic E-state index is 0.0620. The van der Waals surface area contributed by atoms with E-state index in [1.165, 1.54) is 0 Å². The van der Waals surface area contributed by atoms with Gasteiger partial charge in [0.15, 0.2) is 5.78 Å². The van der Waals surface area contributed by atoms with Gasteiger partial charge in [-0.2, -0.15) is 0 Å². The van der Waals surface area contributed by atoms with Gasteiger partial charge in [0.05, 0.1) is 0 Å². The Labute approximate surface area is 165 Å². The van der Waals surface area contributed by atoms with Crippen molar-refractivity contribution in [2.45, 2.75) is 20.3 Å². The maximum absolute atomic E-state index is 13.1. The van der Waals surface area contributed by atoms with Crippen LogP contribution in [-0.2, 0) is 0 Å². The molecule has 0 N–H and O–H groups in total. The maximum atomic E-state index is 13.1. The van der Waals surface area contributed by atoms with Gasteiger partial charge in [-0.3, -0.25) is 4.79 Å². The Hall–Kier alpha value is -2.33. The highest BCUT2D eigenvalue weighted by atomic mass is 35.5. The molecule has 27 heavy (non-hydrogen) atoms. The van der Waals surface area contributed by atoms with Crippen LogP contribution in [0.2, 0.25) is 5.02 Å². The van der Waals surface area contributed by atoms with E-state index in [-0.39, 0.29) is 17.6 Å². The molecule has 0 spiro atoms. The summed E-state index contributed by atoms with van der Waals surface area (Å²) >= 11 is 5.94. The highest BCUT2D eigenvalue weighted by Crippen LogP contribution is 2.34. The average Bonchev–Trinajstić information content (AvgIpc) is 3.14. The fraction of sp³-hybridized carbons (Fsp3) is 0.364. The molecule has 1 heterocycles. The molecule has 0 bridgehead atoms. The molecule has 3 atom stereocenters. The third-order valence-electron chi connectivity index (χ3n) is 5.41. The molecule has 142 valence electrons. The Morgan fingerprint density at radius 1 is 1.11 bits per heavy atom. The number of para-hydroxylation sites is 1. The van der Waals surface area contributed by atoms with Crippen LogP contribution < -0.4 is 4.74 Å². The molecule has 0 saturated carbocycles. The highest BCUT2D eigenvalue weighted by Gasteiger charge is 2.42. The van der Waals surface area contributed by atoms with Gasteiger partial charge in [0.2, 0.25) is 0 Å². The fourth-order valence-electron chi connectivity index (χ4n) is 3.62. The standard InChI is InChI=1S/C22H24ClNO3/c1-3-15(2)19-13-24(22(26)27-18-7-5-4-6-8-18)14-20(19)21(25)16-9-11-17(23)12-10-16/h4-12,15,19-20H,3,13-14H2,1-2H3/t15-,19+,20-/m0/s1. The Kier molecular flexibility index (Phi) is 6.17. The third-order valence-corrected chi connectivity index (χ3v) is 5.66. The second kappa shape index (κ2) is 8.57. The summed E-state index contributed by atoms with van der Waals surface area (Å²) in [5.74, 6) is 0.786. The number of hydrogen-bond acceptors (Lipinski definition) is 3. The molecular formula is C22H24ClNO3. The van der Waals surface area contributed by atoms with Gasteiger partial charge in [-0.1, -0.05) is 50.1 Å². The lowest BCUT2D eigenvalue weighted by Gasteiger charge is -2.22. The molecule has 4 nitrogen and oxygen atoms in total. The van der Waals surface area contributed by atoms with Crippen molar-refractivity contribution >= 4 is 23.5 Å². The second-order valence-electron chi connectivity index (χ2n) is 7.11. The van der Waals surface area contributed by atoms with Gasteiger partial charge in [0.25, 0.3) is 0 Å². The van der Waals surface area contributed by atoms with Crippen molar-refractivity contribution in [3.05, 3.63) is 65.2 Å². The van der Waals surface area contributed by atoms with E-state index in [0.29, 0.717) is 35.3 Å². The van der Waals surface area contributed by atoms with E-state index >= 15 is 0 Å². The Bertz CT molecular complexity index is 791. The lowest BCUT2D eigenvalue weighted by molar-refractivity contribution is 0.0877. The van der Waals surface area contributed by atoms with Crippen molar-refractivity contribution in [2.24, 2.45) is 17.8 Å². The number of ketones is 1. The van der Waals surface area contributed by atoms with E-state index in [1.54, 1.807) is 41.3 Å². The zero-order valence-corrected chi connectivity index (χ0v) is 16.4. The van der Waals surface area contributed by atoms with Crippen molar-refractivity contribution in [3.8, 4) is 5.75 Å². The zero-order chi connectivity index (χ0) is 19.4. The minimum atomic E-state index is -0.402. The Balaban J connectivity index is 1.77. The van der Waals surface area contributed by atoms with Gasteiger partial charge in [0.1, 0.15) is 5.75 Å². The smallest absolute Gasteiger partial charge is 0.410 e. The number of likely N-dealkylation sites (tertiary alicyclic amines) is 1. The molecule has 0 aromatic heterocycles. The number of benzene rings is 2. The summed E-state index contributed by atoms with van der Waals surface area (Å²) in [5, 5.41) is 0.601. The average molecular weight is 386 g/mol. The van der Waals surface area contributed by atoms with Crippen LogP contribution in [0.3, 0.4) is 0 Å². The number of carbonyl (C=O) groups excluding carboxylic acids is 2. The first-order valence-electron chi connectivity index (χ1n) is 9.31. The predicted octanol–water partition coefficient (Wildman–Crippen LogP) is 5.32. The molecule has 0 aliphatic carbocycles. The molecule has 1 aliphatic rings. The molecule has 1 fully saturated rings. The van der Waals surface area contributed by atoms with Gasteiger partial charge in [0, 0.05) is 29.6 Å². The first kappa shape index (κ1) is 19.4. The van der Waals surface area contributed by atoms with E-state index in [1.807, 2.05) is 18.2 Å². The summed E-state index contributed by atoms with van der Waals surface area (Å²) in [6, 6.07) is 16.0. The molecule has 5 heteroatoms. The first-order chi connectivity index (χ1) is 13.0. The SMILES string of the molecule is CC[C@H](C)[C@H]1CN(C(=O)Oc2ccccc2)C[C@@H]1C(=O)c1ccc(Cl)cc1. The monoisotopic (exact) mass is 385 g/mol. The lowest BCUT2D eigenvalue weighted by Crippen LogP contribution is -2.32. The quantitative estimate of drug-likeness (QED) is 0.654. The molecule has 0 radical (unpaired) electrons. The number of amides is 1. The van der Waals surface area contributed by atoms with Crippen LogP contribution in [0.15, 0.2) is 54.6 Å². The topological polar surface area (TPSA) is 46.6 Å². The van der Waals surface area contributed by atoms with E-state index in [0.717, 1.165) is 6.42 Å². The third kappa shape index (κ3) is 4.51. The zero-order valence-electron chi connectivity index (χ0n) is 15.6. The minimum Gasteiger partial charge on any atom is -0.410 e. The van der Waals surface area contributed by atoms with Crippen LogP contribution in [0.25, 0.3) is 0 Å². The van der Waals surface area contributed by atoms with Crippen molar-refractivity contribution in [3.63, 3.8) is 0 Å². The number of rotatable bonds is 5. The van der Waals surface area contributed by atoms with Crippen LogP contribution in [0.1, 0.15) is 30.6 Å². The number of ether oxygens (including phenoxy) is 1. The van der Waals surface area contributed by atoms with Gasteiger partial charge in [-0.25, -0.2) is 4.79 Å². The van der Waals surface area contributed by atoms with E-state index < -0.39 is 6.09 Å². The van der Waals surface area contributed by atoms with Gasteiger partial charge >= 0.3 is 6.09 Å². The van der Waals surface area contributed by atoms with Crippen molar-refractivity contribution in [1.82, 2.24) is 4.90 Å². The van der Waals surface area contributed by atoms with Crippen LogP contribution in [0.4, 0.5) is 4.79 Å². The van der Waals surface area contributed by atoms with Gasteiger partial charge in [-0.15, -0.1) is 0 Å². The highest BCUT2D eigenvalue weighted by molar-refractivity contribution is 6.30. The number of carbonyl (C=O) groups is 2. The Morgan fingerprint density at radius 2 is 1.78 bits per heavy atom. The van der Waals surface area contributed by atoms with Gasteiger partial charge < -0.3 is 9.64 Å². The number of Topliss-reactive ketones (excluding diaryl/α,β-unsaturated/α-hetero) is 1. The Morgan fingerprint density at radius 3 is 2.41 bits per heavy atom. The van der Waals surface area contributed by atoms with E-state index in [4.69, 9.17) is 16.3 Å². The van der Waals surface area contributed by atoms with Crippen LogP contribution in [0, 0.1) is 17.8 Å². The predicted molar refractivity (Wildman–Crippen MR) is 106 cm³/mol. The molecular weight excluding hydrogens is 362 g/mol. The molecule has 1 saturated heterocycles. The second-order valence-corrected chi connectivity index (χ2v) is 7.55. The normalized spacial score (nSPS) is 20.3. The molecule has 3 rings (SSSR count). The van der Waals surface area contributed by atoms with E-state index in [9.17, 15) is 9.59 Å². The van der Waals surface area contributed by atoms with E-state index in [2.05, 4.69) is 13.8 Å². The lowest BCUT2D eigenvalue weighted by atomic mass is 9.80. The van der Waals surface area contributed by atoms with Crippen molar-refractivity contribution < 1.29 is 14.3 Å².